The fraction of sp³-hybridized carbons (Fsp3) is 0.594. The topological polar surface area (TPSA) is 156 Å². The van der Waals surface area contributed by atoms with Gasteiger partial charge in [-0.15, -0.1) is 11.3 Å². The Hall–Kier alpha value is -3.39. The van der Waals surface area contributed by atoms with Crippen LogP contribution in [0.25, 0.3) is 10.4 Å². The van der Waals surface area contributed by atoms with Gasteiger partial charge in [0.1, 0.15) is 12.1 Å². The summed E-state index contributed by atoms with van der Waals surface area (Å²) in [5, 5.41) is 16.1. The molecule has 1 aromatic carbocycles. The Kier molecular flexibility index (Phi) is 13.9. The summed E-state index contributed by atoms with van der Waals surface area (Å²) in [7, 11) is 0. The van der Waals surface area contributed by atoms with E-state index in [1.54, 1.807) is 18.3 Å². The van der Waals surface area contributed by atoms with Crippen molar-refractivity contribution in [3.05, 3.63) is 41.0 Å². The van der Waals surface area contributed by atoms with E-state index in [9.17, 15) is 24.3 Å². The number of hydrogen-bond acceptors (Lipinski definition) is 10. The number of carbonyl (C=O) groups is 4. The zero-order valence-corrected chi connectivity index (χ0v) is 27.6. The lowest BCUT2D eigenvalue weighted by Crippen LogP contribution is -2.57. The van der Waals surface area contributed by atoms with E-state index in [1.807, 2.05) is 57.5 Å². The van der Waals surface area contributed by atoms with Crippen molar-refractivity contribution in [2.45, 2.75) is 78.6 Å². The third-order valence-corrected chi connectivity index (χ3v) is 8.29. The van der Waals surface area contributed by atoms with Gasteiger partial charge in [0.15, 0.2) is 0 Å². The summed E-state index contributed by atoms with van der Waals surface area (Å²) in [6.45, 7) is 10.7. The molecule has 12 nitrogen and oxygen atoms in total. The first-order chi connectivity index (χ1) is 21.4. The molecule has 0 aliphatic carbocycles. The number of hydrogen-bond donors (Lipinski definition) is 3. The molecule has 1 aliphatic heterocycles. The molecule has 1 aliphatic rings. The summed E-state index contributed by atoms with van der Waals surface area (Å²) in [5.74, 6) is -1.48. The number of amides is 3. The number of aliphatic hydroxyl groups excluding tert-OH is 1. The zero-order valence-electron chi connectivity index (χ0n) is 26.8. The van der Waals surface area contributed by atoms with Gasteiger partial charge in [-0.25, -0.2) is 4.98 Å². The average molecular weight is 647 g/mol. The normalized spacial score (nSPS) is 17.2. The zero-order chi connectivity index (χ0) is 33.0. The Morgan fingerprint density at radius 2 is 1.73 bits per heavy atom. The summed E-state index contributed by atoms with van der Waals surface area (Å²) in [6.07, 6.45) is -0.550. The number of aryl methyl sites for hydroxylation is 1. The molecular formula is C32H46N4O8S. The average Bonchev–Trinajstić information content (AvgIpc) is 3.60. The number of likely N-dealkylation sites (tertiary alicyclic amines) is 1. The molecule has 1 fully saturated rings. The first kappa shape index (κ1) is 36.1. The van der Waals surface area contributed by atoms with Gasteiger partial charge in [0, 0.05) is 25.9 Å². The van der Waals surface area contributed by atoms with Gasteiger partial charge in [-0.2, -0.15) is 0 Å². The smallest absolute Gasteiger partial charge is 0.308 e. The van der Waals surface area contributed by atoms with Crippen LogP contribution in [0.4, 0.5) is 0 Å². The van der Waals surface area contributed by atoms with Crippen LogP contribution < -0.4 is 10.6 Å². The Bertz CT molecular complexity index is 1280. The predicted molar refractivity (Wildman–Crippen MR) is 169 cm³/mol. The van der Waals surface area contributed by atoms with Crippen molar-refractivity contribution < 1.29 is 38.5 Å². The first-order valence-electron chi connectivity index (χ1n) is 15.3. The Balaban J connectivity index is 1.49. The molecule has 0 bridgehead atoms. The summed E-state index contributed by atoms with van der Waals surface area (Å²) in [6, 6.07) is 6.08. The van der Waals surface area contributed by atoms with Crippen molar-refractivity contribution in [2.24, 2.45) is 5.41 Å². The Morgan fingerprint density at radius 3 is 2.33 bits per heavy atom. The molecule has 1 unspecified atom stereocenters. The largest absolute Gasteiger partial charge is 0.466 e. The van der Waals surface area contributed by atoms with Gasteiger partial charge in [-0.1, -0.05) is 45.0 Å². The van der Waals surface area contributed by atoms with Crippen LogP contribution in [0.1, 0.15) is 58.2 Å². The maximum atomic E-state index is 13.7. The third kappa shape index (κ3) is 11.2. The molecule has 3 N–H and O–H groups in total. The van der Waals surface area contributed by atoms with Gasteiger partial charge >= 0.3 is 5.97 Å². The molecule has 0 radical (unpaired) electrons. The molecule has 0 saturated carbocycles. The minimum atomic E-state index is -0.917. The Morgan fingerprint density at radius 1 is 1.07 bits per heavy atom. The number of thiazole rings is 1. The monoisotopic (exact) mass is 646 g/mol. The lowest BCUT2D eigenvalue weighted by molar-refractivity contribution is -0.144. The summed E-state index contributed by atoms with van der Waals surface area (Å²) in [4.78, 5) is 57.8. The number of aromatic nitrogens is 1. The number of carbonyl (C=O) groups excluding carboxylic acids is 4. The van der Waals surface area contributed by atoms with Crippen LogP contribution in [0, 0.1) is 12.3 Å². The van der Waals surface area contributed by atoms with Crippen molar-refractivity contribution in [1.29, 1.82) is 0 Å². The van der Waals surface area contributed by atoms with E-state index in [0.717, 1.165) is 21.7 Å². The lowest BCUT2D eigenvalue weighted by atomic mass is 9.85. The highest BCUT2D eigenvalue weighted by Gasteiger charge is 2.44. The van der Waals surface area contributed by atoms with Crippen molar-refractivity contribution in [1.82, 2.24) is 20.5 Å². The second kappa shape index (κ2) is 17.3. The van der Waals surface area contributed by atoms with Gasteiger partial charge in [0.2, 0.25) is 17.7 Å². The fourth-order valence-corrected chi connectivity index (χ4v) is 5.70. The van der Waals surface area contributed by atoms with E-state index < -0.39 is 29.5 Å². The molecule has 3 amide bonds. The second-order valence-electron chi connectivity index (χ2n) is 12.0. The maximum absolute atomic E-state index is 13.7. The summed E-state index contributed by atoms with van der Waals surface area (Å²) in [5.41, 5.74) is 4.07. The maximum Gasteiger partial charge on any atom is 0.308 e. The highest BCUT2D eigenvalue weighted by Crippen LogP contribution is 2.28. The third-order valence-electron chi connectivity index (χ3n) is 7.31. The van der Waals surface area contributed by atoms with E-state index in [1.165, 1.54) is 4.90 Å². The van der Waals surface area contributed by atoms with Crippen LogP contribution in [0.15, 0.2) is 29.8 Å². The number of nitrogens with zero attached hydrogens (tertiary/aromatic N) is 2. The highest BCUT2D eigenvalue weighted by atomic mass is 32.1. The lowest BCUT2D eigenvalue weighted by Gasteiger charge is -2.35. The van der Waals surface area contributed by atoms with Crippen LogP contribution in [0.3, 0.4) is 0 Å². The molecule has 2 aromatic rings. The van der Waals surface area contributed by atoms with E-state index in [-0.39, 0.29) is 76.6 Å². The molecule has 3 rings (SSSR count). The molecule has 1 aromatic heterocycles. The van der Waals surface area contributed by atoms with Gasteiger partial charge < -0.3 is 34.9 Å². The highest BCUT2D eigenvalue weighted by molar-refractivity contribution is 7.13. The van der Waals surface area contributed by atoms with E-state index in [2.05, 4.69) is 15.6 Å². The summed E-state index contributed by atoms with van der Waals surface area (Å²) < 4.78 is 15.6. The number of esters is 1. The second-order valence-corrected chi connectivity index (χ2v) is 12.8. The van der Waals surface area contributed by atoms with Crippen molar-refractivity contribution in [3.8, 4) is 10.4 Å². The van der Waals surface area contributed by atoms with Crippen LogP contribution in [-0.2, 0) is 39.9 Å². The number of nitrogens with one attached hydrogen (secondary N) is 2. The van der Waals surface area contributed by atoms with Crippen molar-refractivity contribution in [3.63, 3.8) is 0 Å². The standard InChI is InChI=1S/C32H46N4O8S/c1-6-44-27(39)12-14-43-16-15-42-13-11-26(38)35-29(32(3,4)5)31(41)36-19-24(37)17-25(36)30(40)33-18-22-7-9-23(10-8-22)28-21(2)34-20-45-28/h7-10,20,24-25,29,37H,6,11-19H2,1-5H3,(H,33,40)(H,35,38)/t24-,25+,29?/m1/s1. The number of rotatable bonds is 16. The number of ether oxygens (including phenoxy) is 3. The molecule has 2 heterocycles. The van der Waals surface area contributed by atoms with Crippen LogP contribution in [0.5, 0.6) is 0 Å². The summed E-state index contributed by atoms with van der Waals surface area (Å²) >= 11 is 1.57. The Labute approximate surface area is 268 Å². The molecule has 3 atom stereocenters. The van der Waals surface area contributed by atoms with Crippen LogP contribution >= 0.6 is 11.3 Å². The molecule has 1 saturated heterocycles. The minimum absolute atomic E-state index is 0.00153. The van der Waals surface area contributed by atoms with Crippen LogP contribution in [0.2, 0.25) is 0 Å². The molecule has 45 heavy (non-hydrogen) atoms. The van der Waals surface area contributed by atoms with Gasteiger partial charge in [-0.3, -0.25) is 19.2 Å². The number of β-amino-alcohol motifs (C(OH)–C–C–N with tert-alkyl or cyclic N) is 1. The number of benzene rings is 1. The minimum Gasteiger partial charge on any atom is -0.466 e. The van der Waals surface area contributed by atoms with Crippen LogP contribution in [-0.4, -0.2) is 96.4 Å². The molecule has 248 valence electrons. The van der Waals surface area contributed by atoms with Crippen molar-refractivity contribution >= 4 is 35.0 Å². The molecule has 13 heteroatoms. The SMILES string of the molecule is CCOC(=O)CCOCCOCCC(=O)NC(C(=O)N1C[C@H](O)C[C@H]1C(=O)NCc1ccc(-c2scnc2C)cc1)C(C)(C)C. The van der Waals surface area contributed by atoms with Gasteiger partial charge in [0.05, 0.1) is 61.6 Å². The quantitative estimate of drug-likeness (QED) is 0.184. The molecular weight excluding hydrogens is 600 g/mol. The van der Waals surface area contributed by atoms with E-state index in [0.29, 0.717) is 6.61 Å². The fourth-order valence-electron chi connectivity index (χ4n) is 4.89. The van der Waals surface area contributed by atoms with Gasteiger partial charge in [-0.05, 0) is 30.4 Å². The van der Waals surface area contributed by atoms with Gasteiger partial charge in [0.25, 0.3) is 0 Å². The molecule has 0 spiro atoms. The first-order valence-corrected chi connectivity index (χ1v) is 16.1. The van der Waals surface area contributed by atoms with Crippen molar-refractivity contribution in [2.75, 3.05) is 39.6 Å². The number of aliphatic hydroxyl groups is 1. The van der Waals surface area contributed by atoms with E-state index in [4.69, 9.17) is 14.2 Å². The van der Waals surface area contributed by atoms with E-state index >= 15 is 0 Å². The predicted octanol–water partition coefficient (Wildman–Crippen LogP) is 2.60.